The molecule has 0 bridgehead atoms. The van der Waals surface area contributed by atoms with Crippen LogP contribution in [0.2, 0.25) is 0 Å². The highest BCUT2D eigenvalue weighted by Gasteiger charge is 2.24. The number of rotatable bonds is 4. The molecule has 25 heavy (non-hydrogen) atoms. The van der Waals surface area contributed by atoms with Gasteiger partial charge in [-0.1, -0.05) is 24.3 Å². The lowest BCUT2D eigenvalue weighted by Gasteiger charge is -2.26. The largest absolute Gasteiger partial charge is 0.303 e. The van der Waals surface area contributed by atoms with Gasteiger partial charge >= 0.3 is 10.2 Å². The second-order valence-electron chi connectivity index (χ2n) is 5.80. The highest BCUT2D eigenvalue weighted by atomic mass is 32.2. The molecule has 1 aromatic carbocycles. The smallest absolute Gasteiger partial charge is 0.254 e. The van der Waals surface area contributed by atoms with Gasteiger partial charge in [0.25, 0.3) is 0 Å². The number of pyridine rings is 1. The Morgan fingerprint density at radius 2 is 1.96 bits per heavy atom. The van der Waals surface area contributed by atoms with Gasteiger partial charge in [-0.2, -0.15) is 18.0 Å². The van der Waals surface area contributed by atoms with Crippen LogP contribution in [0.25, 0.3) is 5.57 Å². The number of nitriles is 1. The summed E-state index contributed by atoms with van der Waals surface area (Å²) in [6.45, 7) is 2.51. The summed E-state index contributed by atoms with van der Waals surface area (Å²) in [6, 6.07) is 14.6. The van der Waals surface area contributed by atoms with E-state index in [-0.39, 0.29) is 0 Å². The summed E-state index contributed by atoms with van der Waals surface area (Å²) in [6.07, 6.45) is 2.53. The molecule has 3 rings (SSSR count). The molecule has 128 valence electrons. The van der Waals surface area contributed by atoms with E-state index in [2.05, 4.69) is 15.8 Å². The van der Waals surface area contributed by atoms with Crippen LogP contribution in [0.3, 0.4) is 0 Å². The van der Waals surface area contributed by atoms with Crippen LogP contribution in [-0.4, -0.2) is 30.8 Å². The number of aromatic nitrogens is 1. The summed E-state index contributed by atoms with van der Waals surface area (Å²) in [4.78, 5) is 4.17. The third kappa shape index (κ3) is 4.05. The predicted octanol–water partition coefficient (Wildman–Crippen LogP) is 2.71. The van der Waals surface area contributed by atoms with Crippen molar-refractivity contribution in [3.8, 4) is 6.07 Å². The van der Waals surface area contributed by atoms with Gasteiger partial charge in [0.05, 0.1) is 11.6 Å². The van der Waals surface area contributed by atoms with Crippen LogP contribution in [0.4, 0.5) is 5.82 Å². The van der Waals surface area contributed by atoms with Gasteiger partial charge in [0.2, 0.25) is 0 Å². The molecule has 1 aliphatic rings. The van der Waals surface area contributed by atoms with Crippen molar-refractivity contribution in [2.45, 2.75) is 13.3 Å². The Morgan fingerprint density at radius 3 is 2.56 bits per heavy atom. The van der Waals surface area contributed by atoms with Crippen molar-refractivity contribution >= 4 is 21.6 Å². The second-order valence-corrected chi connectivity index (χ2v) is 7.47. The molecule has 2 heterocycles. The van der Waals surface area contributed by atoms with Crippen LogP contribution in [0.5, 0.6) is 0 Å². The minimum Gasteiger partial charge on any atom is -0.254 e. The van der Waals surface area contributed by atoms with Crippen molar-refractivity contribution < 1.29 is 8.42 Å². The summed E-state index contributed by atoms with van der Waals surface area (Å²) in [5.74, 6) is 0.321. The number of hydrogen-bond acceptors (Lipinski definition) is 4. The summed E-state index contributed by atoms with van der Waals surface area (Å²) in [5.41, 5.74) is 3.47. The van der Waals surface area contributed by atoms with Gasteiger partial charge in [-0.15, -0.1) is 0 Å². The standard InChI is InChI=1S/C18H18N4O2S/c1-14-3-2-4-18(20-14)21-25(23,24)22-11-9-17(10-12-22)16-7-5-15(13-19)6-8-16/h2-9H,10-12H2,1H3,(H,20,21). The van der Waals surface area contributed by atoms with Gasteiger partial charge in [-0.25, -0.2) is 4.98 Å². The van der Waals surface area contributed by atoms with Gasteiger partial charge in [0.1, 0.15) is 5.82 Å². The zero-order valence-electron chi connectivity index (χ0n) is 13.8. The van der Waals surface area contributed by atoms with Crippen LogP contribution < -0.4 is 4.72 Å². The van der Waals surface area contributed by atoms with E-state index in [0.717, 1.165) is 16.8 Å². The molecule has 0 spiro atoms. The summed E-state index contributed by atoms with van der Waals surface area (Å²) in [5, 5.41) is 8.85. The van der Waals surface area contributed by atoms with E-state index >= 15 is 0 Å². The lowest BCUT2D eigenvalue weighted by atomic mass is 9.99. The van der Waals surface area contributed by atoms with Crippen molar-refractivity contribution in [2.75, 3.05) is 17.8 Å². The minimum absolute atomic E-state index is 0.302. The number of nitrogens with one attached hydrogen (secondary N) is 1. The third-order valence-electron chi connectivity index (χ3n) is 4.02. The quantitative estimate of drug-likeness (QED) is 0.915. The number of aryl methyl sites for hydroxylation is 1. The Balaban J connectivity index is 1.71. The first-order chi connectivity index (χ1) is 12.0. The minimum atomic E-state index is -3.64. The predicted molar refractivity (Wildman–Crippen MR) is 96.8 cm³/mol. The van der Waals surface area contributed by atoms with Crippen molar-refractivity contribution in [2.24, 2.45) is 0 Å². The zero-order chi connectivity index (χ0) is 17.9. The molecule has 1 aliphatic heterocycles. The molecule has 0 aliphatic carbocycles. The highest BCUT2D eigenvalue weighted by molar-refractivity contribution is 7.90. The topological polar surface area (TPSA) is 86.1 Å². The Morgan fingerprint density at radius 1 is 1.20 bits per heavy atom. The Labute approximate surface area is 147 Å². The molecule has 0 saturated carbocycles. The lowest BCUT2D eigenvalue weighted by molar-refractivity contribution is 0.445. The Hall–Kier alpha value is -2.69. The first kappa shape index (κ1) is 17.1. The van der Waals surface area contributed by atoms with E-state index in [1.807, 2.05) is 31.2 Å². The monoisotopic (exact) mass is 354 g/mol. The highest BCUT2D eigenvalue weighted by Crippen LogP contribution is 2.24. The van der Waals surface area contributed by atoms with E-state index in [0.29, 0.717) is 30.9 Å². The van der Waals surface area contributed by atoms with Crippen LogP contribution in [-0.2, 0) is 10.2 Å². The summed E-state index contributed by atoms with van der Waals surface area (Å²) < 4.78 is 28.9. The van der Waals surface area contributed by atoms with Crippen molar-refractivity contribution in [3.05, 3.63) is 65.4 Å². The molecular formula is C18H18N4O2S. The van der Waals surface area contributed by atoms with E-state index in [9.17, 15) is 8.42 Å². The first-order valence-electron chi connectivity index (χ1n) is 7.89. The van der Waals surface area contributed by atoms with Crippen LogP contribution in [0, 0.1) is 18.3 Å². The maximum Gasteiger partial charge on any atom is 0.303 e. The van der Waals surface area contributed by atoms with Crippen LogP contribution in [0.15, 0.2) is 48.5 Å². The molecule has 0 fully saturated rings. The van der Waals surface area contributed by atoms with Gasteiger partial charge in [0.15, 0.2) is 0 Å². The van der Waals surface area contributed by atoms with E-state index in [1.54, 1.807) is 24.3 Å². The molecule has 0 saturated heterocycles. The molecule has 0 atom stereocenters. The molecule has 0 amide bonds. The van der Waals surface area contributed by atoms with E-state index in [4.69, 9.17) is 5.26 Å². The van der Waals surface area contributed by atoms with Crippen LogP contribution in [0.1, 0.15) is 23.2 Å². The average molecular weight is 354 g/mol. The summed E-state index contributed by atoms with van der Waals surface area (Å²) >= 11 is 0. The van der Waals surface area contributed by atoms with E-state index in [1.165, 1.54) is 4.31 Å². The molecule has 1 N–H and O–H groups in total. The van der Waals surface area contributed by atoms with Gasteiger partial charge in [-0.05, 0) is 48.7 Å². The number of anilines is 1. The van der Waals surface area contributed by atoms with Gasteiger partial charge in [0, 0.05) is 18.8 Å². The fourth-order valence-corrected chi connectivity index (χ4v) is 3.80. The molecule has 2 aromatic rings. The molecular weight excluding hydrogens is 336 g/mol. The number of hydrogen-bond donors (Lipinski definition) is 1. The fourth-order valence-electron chi connectivity index (χ4n) is 2.69. The van der Waals surface area contributed by atoms with Crippen molar-refractivity contribution in [1.82, 2.24) is 9.29 Å². The van der Waals surface area contributed by atoms with Gasteiger partial charge < -0.3 is 0 Å². The number of nitrogens with zero attached hydrogens (tertiary/aromatic N) is 3. The number of benzene rings is 1. The van der Waals surface area contributed by atoms with Crippen molar-refractivity contribution in [3.63, 3.8) is 0 Å². The lowest BCUT2D eigenvalue weighted by Crippen LogP contribution is -2.38. The van der Waals surface area contributed by atoms with Crippen LogP contribution >= 0.6 is 0 Å². The van der Waals surface area contributed by atoms with Gasteiger partial charge in [-0.3, -0.25) is 4.72 Å². The molecule has 7 heteroatoms. The normalized spacial score (nSPS) is 15.3. The van der Waals surface area contributed by atoms with E-state index < -0.39 is 10.2 Å². The maximum atomic E-state index is 12.5. The SMILES string of the molecule is Cc1cccc(NS(=O)(=O)N2CC=C(c3ccc(C#N)cc3)CC2)n1. The maximum absolute atomic E-state index is 12.5. The zero-order valence-corrected chi connectivity index (χ0v) is 14.6. The Bertz CT molecular complexity index is 944. The summed E-state index contributed by atoms with van der Waals surface area (Å²) in [7, 11) is -3.64. The van der Waals surface area contributed by atoms with Crippen molar-refractivity contribution in [1.29, 1.82) is 5.26 Å². The Kier molecular flexibility index (Phi) is 4.83. The molecule has 6 nitrogen and oxygen atoms in total. The molecule has 0 radical (unpaired) electrons. The fraction of sp³-hybridized carbons (Fsp3) is 0.222. The first-order valence-corrected chi connectivity index (χ1v) is 9.33. The molecule has 1 aromatic heterocycles. The molecule has 0 unspecified atom stereocenters. The second kappa shape index (κ2) is 7.05. The average Bonchev–Trinajstić information content (AvgIpc) is 2.61. The third-order valence-corrected chi connectivity index (χ3v) is 5.50.